The van der Waals surface area contributed by atoms with Crippen LogP contribution in [0.15, 0.2) is 22.7 Å². The number of piperidine rings is 1. The Balaban J connectivity index is 2.25. The van der Waals surface area contributed by atoms with E-state index in [2.05, 4.69) is 21.2 Å². The molecular weight excluding hydrogens is 311 g/mol. The van der Waals surface area contributed by atoms with Gasteiger partial charge in [0.05, 0.1) is 5.56 Å². The standard InChI is InChI=1S/C14H18BrFN2O/c1-2-18(10-6-8-17-9-7-10)14(19)13-11(15)4-3-5-12(13)16/h3-5,10,17H,2,6-9H2,1H3. The van der Waals surface area contributed by atoms with Gasteiger partial charge < -0.3 is 10.2 Å². The maximum absolute atomic E-state index is 13.9. The Bertz CT molecular complexity index is 441. The van der Waals surface area contributed by atoms with Crippen molar-refractivity contribution in [3.63, 3.8) is 0 Å². The van der Waals surface area contributed by atoms with Crippen molar-refractivity contribution < 1.29 is 9.18 Å². The minimum absolute atomic E-state index is 0.142. The van der Waals surface area contributed by atoms with Gasteiger partial charge in [-0.2, -0.15) is 0 Å². The number of hydrogen-bond acceptors (Lipinski definition) is 2. The zero-order chi connectivity index (χ0) is 13.8. The lowest BCUT2D eigenvalue weighted by Gasteiger charge is -2.34. The molecule has 104 valence electrons. The largest absolute Gasteiger partial charge is 0.336 e. The van der Waals surface area contributed by atoms with Gasteiger partial charge >= 0.3 is 0 Å². The summed E-state index contributed by atoms with van der Waals surface area (Å²) in [6, 6.07) is 4.82. The quantitative estimate of drug-likeness (QED) is 0.925. The summed E-state index contributed by atoms with van der Waals surface area (Å²) in [7, 11) is 0. The maximum Gasteiger partial charge on any atom is 0.258 e. The molecule has 0 aromatic heterocycles. The average Bonchev–Trinajstić information content (AvgIpc) is 2.40. The second-order valence-electron chi connectivity index (χ2n) is 4.67. The normalized spacial score (nSPS) is 16.4. The van der Waals surface area contributed by atoms with Crippen LogP contribution in [0, 0.1) is 5.82 Å². The minimum Gasteiger partial charge on any atom is -0.336 e. The Kier molecular flexibility index (Phi) is 4.93. The highest BCUT2D eigenvalue weighted by atomic mass is 79.9. The molecule has 0 aliphatic carbocycles. The highest BCUT2D eigenvalue weighted by molar-refractivity contribution is 9.10. The highest BCUT2D eigenvalue weighted by Crippen LogP contribution is 2.23. The van der Waals surface area contributed by atoms with E-state index in [1.165, 1.54) is 6.07 Å². The monoisotopic (exact) mass is 328 g/mol. The van der Waals surface area contributed by atoms with Crippen LogP contribution in [0.4, 0.5) is 4.39 Å². The smallest absolute Gasteiger partial charge is 0.258 e. The molecule has 1 amide bonds. The number of carbonyl (C=O) groups excluding carboxylic acids is 1. The predicted octanol–water partition coefficient (Wildman–Crippen LogP) is 2.80. The van der Waals surface area contributed by atoms with Crippen LogP contribution in [-0.4, -0.2) is 36.5 Å². The van der Waals surface area contributed by atoms with Crippen LogP contribution in [-0.2, 0) is 0 Å². The van der Waals surface area contributed by atoms with E-state index in [0.717, 1.165) is 25.9 Å². The second-order valence-corrected chi connectivity index (χ2v) is 5.52. The molecule has 1 fully saturated rings. The van der Waals surface area contributed by atoms with Crippen LogP contribution in [0.1, 0.15) is 30.1 Å². The molecule has 0 saturated carbocycles. The Morgan fingerprint density at radius 3 is 2.74 bits per heavy atom. The summed E-state index contributed by atoms with van der Waals surface area (Å²) in [4.78, 5) is 14.3. The Morgan fingerprint density at radius 1 is 1.47 bits per heavy atom. The highest BCUT2D eigenvalue weighted by Gasteiger charge is 2.27. The topological polar surface area (TPSA) is 32.3 Å². The third kappa shape index (κ3) is 3.15. The first-order valence-electron chi connectivity index (χ1n) is 6.60. The third-order valence-electron chi connectivity index (χ3n) is 3.53. The molecule has 0 radical (unpaired) electrons. The van der Waals surface area contributed by atoms with Gasteiger partial charge in [0, 0.05) is 17.1 Å². The van der Waals surface area contributed by atoms with Crippen LogP contribution in [0.2, 0.25) is 0 Å². The summed E-state index contributed by atoms with van der Waals surface area (Å²) in [5.74, 6) is -0.689. The number of benzene rings is 1. The molecule has 0 atom stereocenters. The third-order valence-corrected chi connectivity index (χ3v) is 4.19. The Labute approximate surface area is 121 Å². The van der Waals surface area contributed by atoms with Crippen molar-refractivity contribution in [2.24, 2.45) is 0 Å². The summed E-state index contributed by atoms with van der Waals surface area (Å²) >= 11 is 3.27. The second kappa shape index (κ2) is 6.48. The lowest BCUT2D eigenvalue weighted by Crippen LogP contribution is -2.46. The van der Waals surface area contributed by atoms with E-state index in [4.69, 9.17) is 0 Å². The minimum atomic E-state index is -0.466. The van der Waals surface area contributed by atoms with Crippen molar-refractivity contribution in [2.75, 3.05) is 19.6 Å². The Hall–Kier alpha value is -0.940. The molecule has 1 saturated heterocycles. The van der Waals surface area contributed by atoms with Gasteiger partial charge in [0.2, 0.25) is 0 Å². The zero-order valence-electron chi connectivity index (χ0n) is 11.0. The maximum atomic E-state index is 13.9. The van der Waals surface area contributed by atoms with E-state index in [0.29, 0.717) is 11.0 Å². The van der Waals surface area contributed by atoms with E-state index < -0.39 is 5.82 Å². The molecule has 1 heterocycles. The molecule has 3 nitrogen and oxygen atoms in total. The van der Waals surface area contributed by atoms with Crippen LogP contribution in [0.25, 0.3) is 0 Å². The molecule has 1 N–H and O–H groups in total. The average molecular weight is 329 g/mol. The molecule has 0 unspecified atom stereocenters. The molecule has 2 rings (SSSR count). The molecule has 1 aliphatic heterocycles. The fourth-order valence-electron chi connectivity index (χ4n) is 2.53. The zero-order valence-corrected chi connectivity index (χ0v) is 12.5. The van der Waals surface area contributed by atoms with Crippen molar-refractivity contribution in [2.45, 2.75) is 25.8 Å². The number of amides is 1. The van der Waals surface area contributed by atoms with Crippen molar-refractivity contribution in [3.8, 4) is 0 Å². The van der Waals surface area contributed by atoms with Gasteiger partial charge in [-0.25, -0.2) is 4.39 Å². The van der Waals surface area contributed by atoms with E-state index >= 15 is 0 Å². The molecular formula is C14H18BrFN2O. The number of carbonyl (C=O) groups is 1. The lowest BCUT2D eigenvalue weighted by molar-refractivity contribution is 0.0650. The van der Waals surface area contributed by atoms with Gasteiger partial charge in [0.25, 0.3) is 5.91 Å². The van der Waals surface area contributed by atoms with E-state index in [9.17, 15) is 9.18 Å². The van der Waals surface area contributed by atoms with Crippen molar-refractivity contribution >= 4 is 21.8 Å². The predicted molar refractivity (Wildman–Crippen MR) is 76.7 cm³/mol. The number of hydrogen-bond donors (Lipinski definition) is 1. The van der Waals surface area contributed by atoms with Crippen LogP contribution >= 0.6 is 15.9 Å². The molecule has 1 aliphatic rings. The van der Waals surface area contributed by atoms with Crippen molar-refractivity contribution in [1.82, 2.24) is 10.2 Å². The van der Waals surface area contributed by atoms with Gasteiger partial charge in [-0.05, 0) is 60.9 Å². The molecule has 0 spiro atoms. The van der Waals surface area contributed by atoms with Gasteiger partial charge in [0.15, 0.2) is 0 Å². The Morgan fingerprint density at radius 2 is 2.16 bits per heavy atom. The first kappa shape index (κ1) is 14.5. The summed E-state index contributed by atoms with van der Waals surface area (Å²) in [5.41, 5.74) is 0.142. The molecule has 1 aromatic carbocycles. The lowest BCUT2D eigenvalue weighted by atomic mass is 10.0. The van der Waals surface area contributed by atoms with Gasteiger partial charge in [-0.15, -0.1) is 0 Å². The van der Waals surface area contributed by atoms with E-state index in [-0.39, 0.29) is 17.5 Å². The van der Waals surface area contributed by atoms with Crippen LogP contribution < -0.4 is 5.32 Å². The summed E-state index contributed by atoms with van der Waals surface area (Å²) in [6.07, 6.45) is 1.84. The molecule has 0 bridgehead atoms. The van der Waals surface area contributed by atoms with Gasteiger partial charge in [-0.1, -0.05) is 6.07 Å². The van der Waals surface area contributed by atoms with E-state index in [1.807, 2.05) is 6.92 Å². The SMILES string of the molecule is CCN(C(=O)c1c(F)cccc1Br)C1CCNCC1. The van der Waals surface area contributed by atoms with Crippen molar-refractivity contribution in [3.05, 3.63) is 34.1 Å². The molecule has 19 heavy (non-hydrogen) atoms. The first-order chi connectivity index (χ1) is 9.15. The summed E-state index contributed by atoms with van der Waals surface area (Å²) in [5, 5.41) is 3.27. The van der Waals surface area contributed by atoms with E-state index in [1.54, 1.807) is 17.0 Å². The van der Waals surface area contributed by atoms with Gasteiger partial charge in [0.1, 0.15) is 5.82 Å². The molecule has 1 aromatic rings. The van der Waals surface area contributed by atoms with Crippen molar-refractivity contribution in [1.29, 1.82) is 0 Å². The number of nitrogens with zero attached hydrogens (tertiary/aromatic N) is 1. The summed E-state index contributed by atoms with van der Waals surface area (Å²) < 4.78 is 14.4. The number of halogens is 2. The summed E-state index contributed by atoms with van der Waals surface area (Å²) in [6.45, 7) is 4.36. The van der Waals surface area contributed by atoms with Crippen LogP contribution in [0.5, 0.6) is 0 Å². The fourth-order valence-corrected chi connectivity index (χ4v) is 3.04. The molecule has 5 heteroatoms. The van der Waals surface area contributed by atoms with Gasteiger partial charge in [-0.3, -0.25) is 4.79 Å². The number of nitrogens with one attached hydrogen (secondary N) is 1. The van der Waals surface area contributed by atoms with Crippen LogP contribution in [0.3, 0.4) is 0 Å². The first-order valence-corrected chi connectivity index (χ1v) is 7.40. The fraction of sp³-hybridized carbons (Fsp3) is 0.500. The number of rotatable bonds is 3.